The number of amides is 1. The standard InChI is InChI=1S/C21H25FN2O8S/c1-11(26)23-18-20(28)19(27)16(10-25)32-21(18)31-15-8-4-7-14(22)17(15)12-5-3-6-13(9-12)24-33(2,29)30/h3-9,16,18-21,24-25,27-28H,10H2,1-2H3,(H,23,26)/t16-,18-,19+,20-,21-/m1/s1. The van der Waals surface area contributed by atoms with Crippen molar-refractivity contribution in [3.8, 4) is 16.9 Å². The number of aliphatic hydroxyl groups is 3. The monoisotopic (exact) mass is 484 g/mol. The van der Waals surface area contributed by atoms with Gasteiger partial charge in [0, 0.05) is 12.6 Å². The van der Waals surface area contributed by atoms with Crippen molar-refractivity contribution >= 4 is 21.6 Å². The second kappa shape index (κ2) is 10.0. The lowest BCUT2D eigenvalue weighted by molar-refractivity contribution is -0.244. The van der Waals surface area contributed by atoms with E-state index in [2.05, 4.69) is 10.0 Å². The van der Waals surface area contributed by atoms with Gasteiger partial charge in [0.2, 0.25) is 22.2 Å². The zero-order chi connectivity index (χ0) is 24.3. The van der Waals surface area contributed by atoms with Gasteiger partial charge in [-0.2, -0.15) is 0 Å². The van der Waals surface area contributed by atoms with Crippen LogP contribution in [0.25, 0.3) is 11.1 Å². The van der Waals surface area contributed by atoms with E-state index in [-0.39, 0.29) is 22.6 Å². The highest BCUT2D eigenvalue weighted by atomic mass is 32.2. The van der Waals surface area contributed by atoms with Gasteiger partial charge in [0.05, 0.1) is 18.4 Å². The zero-order valence-electron chi connectivity index (χ0n) is 17.8. The molecule has 1 amide bonds. The molecule has 2 aromatic carbocycles. The molecule has 5 atom stereocenters. The molecule has 0 bridgehead atoms. The van der Waals surface area contributed by atoms with Crippen molar-refractivity contribution in [1.82, 2.24) is 5.32 Å². The van der Waals surface area contributed by atoms with Crippen LogP contribution in [0, 0.1) is 5.82 Å². The quantitative estimate of drug-likeness (QED) is 0.373. The van der Waals surface area contributed by atoms with Crippen LogP contribution in [0.15, 0.2) is 42.5 Å². The number of sulfonamides is 1. The van der Waals surface area contributed by atoms with Crippen molar-refractivity contribution in [2.75, 3.05) is 17.6 Å². The number of aliphatic hydroxyl groups excluding tert-OH is 3. The minimum Gasteiger partial charge on any atom is -0.462 e. The van der Waals surface area contributed by atoms with Crippen LogP contribution < -0.4 is 14.8 Å². The van der Waals surface area contributed by atoms with Crippen molar-refractivity contribution in [2.24, 2.45) is 0 Å². The van der Waals surface area contributed by atoms with Crippen molar-refractivity contribution in [3.05, 3.63) is 48.3 Å². The third-order valence-corrected chi connectivity index (χ3v) is 5.53. The third-order valence-electron chi connectivity index (χ3n) is 4.92. The second-order valence-electron chi connectivity index (χ2n) is 7.62. The summed E-state index contributed by atoms with van der Waals surface area (Å²) in [6.45, 7) is 0.558. The number of benzene rings is 2. The molecule has 5 N–H and O–H groups in total. The molecule has 0 unspecified atom stereocenters. The van der Waals surface area contributed by atoms with Crippen LogP contribution in [0.2, 0.25) is 0 Å². The number of rotatable bonds is 7. The van der Waals surface area contributed by atoms with E-state index in [4.69, 9.17) is 9.47 Å². The zero-order valence-corrected chi connectivity index (χ0v) is 18.6. The number of carbonyl (C=O) groups excluding carboxylic acids is 1. The molecule has 3 rings (SSSR count). The summed E-state index contributed by atoms with van der Waals surface area (Å²) in [5, 5.41) is 32.5. The molecule has 33 heavy (non-hydrogen) atoms. The van der Waals surface area contributed by atoms with Crippen LogP contribution in [0.5, 0.6) is 5.75 Å². The van der Waals surface area contributed by atoms with E-state index in [0.29, 0.717) is 0 Å². The Morgan fingerprint density at radius 2 is 1.88 bits per heavy atom. The molecule has 12 heteroatoms. The summed E-state index contributed by atoms with van der Waals surface area (Å²) in [7, 11) is -3.57. The first-order valence-corrected chi connectivity index (χ1v) is 11.8. The Bertz CT molecular complexity index is 1110. The number of carbonyl (C=O) groups is 1. The van der Waals surface area contributed by atoms with Crippen LogP contribution in [0.4, 0.5) is 10.1 Å². The van der Waals surface area contributed by atoms with Crippen LogP contribution in [0.3, 0.4) is 0 Å². The Kier molecular flexibility index (Phi) is 7.55. The minimum atomic E-state index is -3.57. The number of hydrogen-bond acceptors (Lipinski definition) is 8. The lowest BCUT2D eigenvalue weighted by atomic mass is 9.96. The molecule has 1 aliphatic heterocycles. The van der Waals surface area contributed by atoms with Crippen molar-refractivity contribution in [1.29, 1.82) is 0 Å². The van der Waals surface area contributed by atoms with Gasteiger partial charge >= 0.3 is 0 Å². The van der Waals surface area contributed by atoms with E-state index < -0.39 is 59.0 Å². The normalized spacial score (nSPS) is 25.3. The van der Waals surface area contributed by atoms with E-state index in [1.54, 1.807) is 6.07 Å². The topological polar surface area (TPSA) is 154 Å². The van der Waals surface area contributed by atoms with E-state index >= 15 is 0 Å². The highest BCUT2D eigenvalue weighted by molar-refractivity contribution is 7.92. The molecule has 1 aliphatic rings. The number of halogens is 1. The van der Waals surface area contributed by atoms with Crippen LogP contribution in [-0.2, 0) is 19.6 Å². The van der Waals surface area contributed by atoms with Gasteiger partial charge in [-0.05, 0) is 29.8 Å². The summed E-state index contributed by atoms with van der Waals surface area (Å²) in [5.41, 5.74) is 0.456. The van der Waals surface area contributed by atoms with Crippen LogP contribution in [0.1, 0.15) is 6.92 Å². The highest BCUT2D eigenvalue weighted by Gasteiger charge is 2.46. The summed E-state index contributed by atoms with van der Waals surface area (Å²) < 4.78 is 51.7. The predicted molar refractivity (Wildman–Crippen MR) is 116 cm³/mol. The minimum absolute atomic E-state index is 0.0269. The summed E-state index contributed by atoms with van der Waals surface area (Å²) in [4.78, 5) is 11.6. The van der Waals surface area contributed by atoms with Gasteiger partial charge in [0.15, 0.2) is 0 Å². The molecule has 0 spiro atoms. The first-order valence-electron chi connectivity index (χ1n) is 9.93. The van der Waals surface area contributed by atoms with Gasteiger partial charge in [0.25, 0.3) is 0 Å². The SMILES string of the molecule is CC(=O)N[C@H]1[C@H](Oc2cccc(F)c2-c2cccc(NS(C)(=O)=O)c2)O[C@H](CO)[C@H](O)[C@@H]1O. The number of hydrogen-bond donors (Lipinski definition) is 5. The van der Waals surface area contributed by atoms with Crippen molar-refractivity contribution < 1.29 is 42.4 Å². The molecule has 0 aromatic heterocycles. The van der Waals surface area contributed by atoms with Crippen molar-refractivity contribution in [3.63, 3.8) is 0 Å². The van der Waals surface area contributed by atoms with Gasteiger partial charge in [-0.1, -0.05) is 18.2 Å². The average Bonchev–Trinajstić information content (AvgIpc) is 2.72. The van der Waals surface area contributed by atoms with Crippen LogP contribution >= 0.6 is 0 Å². The Balaban J connectivity index is 2.00. The molecular weight excluding hydrogens is 459 g/mol. The molecule has 1 saturated heterocycles. The van der Waals surface area contributed by atoms with Gasteiger partial charge < -0.3 is 30.1 Å². The molecule has 10 nitrogen and oxygen atoms in total. The van der Waals surface area contributed by atoms with E-state index in [1.165, 1.54) is 43.3 Å². The first-order chi connectivity index (χ1) is 15.5. The molecule has 1 heterocycles. The Hall–Kier alpha value is -2.77. The largest absolute Gasteiger partial charge is 0.462 e. The van der Waals surface area contributed by atoms with Crippen LogP contribution in [-0.4, -0.2) is 73.2 Å². The van der Waals surface area contributed by atoms with Gasteiger partial charge in [-0.3, -0.25) is 9.52 Å². The van der Waals surface area contributed by atoms with Gasteiger partial charge in [-0.25, -0.2) is 12.8 Å². The van der Waals surface area contributed by atoms with E-state index in [1.807, 2.05) is 0 Å². The van der Waals surface area contributed by atoms with E-state index in [0.717, 1.165) is 6.26 Å². The lowest BCUT2D eigenvalue weighted by Crippen LogP contribution is -2.65. The Labute approximate surface area is 190 Å². The van der Waals surface area contributed by atoms with Crippen molar-refractivity contribution in [2.45, 2.75) is 37.6 Å². The molecule has 2 aromatic rings. The summed E-state index contributed by atoms with van der Waals surface area (Å²) >= 11 is 0. The fraction of sp³-hybridized carbons (Fsp3) is 0.381. The number of anilines is 1. The fourth-order valence-electron chi connectivity index (χ4n) is 3.53. The maximum absolute atomic E-state index is 14.9. The maximum atomic E-state index is 14.9. The average molecular weight is 485 g/mol. The first kappa shape index (κ1) is 24.9. The molecule has 0 aliphatic carbocycles. The number of ether oxygens (including phenoxy) is 2. The third kappa shape index (κ3) is 5.97. The van der Waals surface area contributed by atoms with Gasteiger partial charge in [0.1, 0.15) is 35.9 Å². The fourth-order valence-corrected chi connectivity index (χ4v) is 4.09. The summed E-state index contributed by atoms with van der Waals surface area (Å²) in [5.74, 6) is -1.26. The van der Waals surface area contributed by atoms with Gasteiger partial charge in [-0.15, -0.1) is 0 Å². The van der Waals surface area contributed by atoms with E-state index in [9.17, 15) is 32.9 Å². The molecule has 0 radical (unpaired) electrons. The maximum Gasteiger partial charge on any atom is 0.229 e. The Morgan fingerprint density at radius 1 is 1.18 bits per heavy atom. The molecule has 0 saturated carbocycles. The second-order valence-corrected chi connectivity index (χ2v) is 9.37. The predicted octanol–water partition coefficient (Wildman–Crippen LogP) is 0.187. The summed E-state index contributed by atoms with van der Waals surface area (Å²) in [6, 6.07) is 8.72. The smallest absolute Gasteiger partial charge is 0.229 e. The molecule has 180 valence electrons. The Morgan fingerprint density at radius 3 is 2.52 bits per heavy atom. The summed E-state index contributed by atoms with van der Waals surface area (Å²) in [6.07, 6.45) is -4.66. The molecular formula is C21H25FN2O8S. The highest BCUT2D eigenvalue weighted by Crippen LogP contribution is 2.36. The molecule has 1 fully saturated rings. The lowest BCUT2D eigenvalue weighted by Gasteiger charge is -2.42. The number of nitrogens with one attached hydrogen (secondary N) is 2.